The fourth-order valence-corrected chi connectivity index (χ4v) is 3.41. The lowest BCUT2D eigenvalue weighted by Gasteiger charge is -2.06. The lowest BCUT2D eigenvalue weighted by Crippen LogP contribution is -2.27. The Hall–Kier alpha value is -1.46. The summed E-state index contributed by atoms with van der Waals surface area (Å²) in [5, 5.41) is 2.90. The molecule has 0 unspecified atom stereocenters. The first-order chi connectivity index (χ1) is 11.1. The molecule has 23 heavy (non-hydrogen) atoms. The van der Waals surface area contributed by atoms with Gasteiger partial charge in [0.1, 0.15) is 5.82 Å². The average Bonchev–Trinajstić information content (AvgIpc) is 2.56. The van der Waals surface area contributed by atoms with Gasteiger partial charge in [-0.25, -0.2) is 4.39 Å². The summed E-state index contributed by atoms with van der Waals surface area (Å²) in [6, 6.07) is 14.7. The molecule has 2 rings (SSSR count). The van der Waals surface area contributed by atoms with Gasteiger partial charge in [0.15, 0.2) is 0 Å². The summed E-state index contributed by atoms with van der Waals surface area (Å²) >= 11 is 3.22. The van der Waals surface area contributed by atoms with Crippen molar-refractivity contribution in [2.24, 2.45) is 0 Å². The van der Waals surface area contributed by atoms with Crippen LogP contribution >= 0.6 is 23.5 Å². The molecule has 0 aliphatic carbocycles. The van der Waals surface area contributed by atoms with Gasteiger partial charge in [-0.1, -0.05) is 29.8 Å². The Morgan fingerprint density at radius 2 is 1.78 bits per heavy atom. The van der Waals surface area contributed by atoms with Crippen LogP contribution in [0.1, 0.15) is 11.1 Å². The van der Waals surface area contributed by atoms with E-state index in [9.17, 15) is 9.18 Å². The number of rotatable bonds is 8. The van der Waals surface area contributed by atoms with Gasteiger partial charge in [0.05, 0.1) is 5.75 Å². The highest BCUT2D eigenvalue weighted by atomic mass is 32.2. The third kappa shape index (κ3) is 7.10. The van der Waals surface area contributed by atoms with Crippen LogP contribution in [0.4, 0.5) is 4.39 Å². The maximum absolute atomic E-state index is 12.8. The molecule has 0 radical (unpaired) electrons. The molecule has 0 heterocycles. The number of aryl methyl sites for hydroxylation is 1. The highest BCUT2D eigenvalue weighted by molar-refractivity contribution is 8.00. The van der Waals surface area contributed by atoms with Crippen LogP contribution in [-0.2, 0) is 10.5 Å². The number of hydrogen-bond acceptors (Lipinski definition) is 3. The Kier molecular flexibility index (Phi) is 7.49. The summed E-state index contributed by atoms with van der Waals surface area (Å²) in [4.78, 5) is 12.6. The molecule has 0 atom stereocenters. The van der Waals surface area contributed by atoms with Gasteiger partial charge in [0.2, 0.25) is 5.91 Å². The molecule has 122 valence electrons. The molecule has 0 saturated heterocycles. The first-order valence-corrected chi connectivity index (χ1v) is 9.56. The van der Waals surface area contributed by atoms with Gasteiger partial charge in [0.25, 0.3) is 0 Å². The van der Waals surface area contributed by atoms with Crippen LogP contribution in [0.5, 0.6) is 0 Å². The summed E-state index contributed by atoms with van der Waals surface area (Å²) in [5.74, 6) is 1.95. The van der Waals surface area contributed by atoms with Gasteiger partial charge in [0, 0.05) is 22.9 Å². The van der Waals surface area contributed by atoms with E-state index in [-0.39, 0.29) is 11.7 Å². The molecule has 0 spiro atoms. The summed E-state index contributed by atoms with van der Waals surface area (Å²) in [5.41, 5.74) is 2.57. The van der Waals surface area contributed by atoms with E-state index in [2.05, 4.69) is 36.5 Å². The molecule has 1 N–H and O–H groups in total. The predicted molar refractivity (Wildman–Crippen MR) is 97.5 cm³/mol. The first-order valence-electron chi connectivity index (χ1n) is 7.42. The summed E-state index contributed by atoms with van der Waals surface area (Å²) in [7, 11) is 0. The van der Waals surface area contributed by atoms with Gasteiger partial charge in [-0.05, 0) is 36.8 Å². The van der Waals surface area contributed by atoms with Crippen molar-refractivity contribution in [3.05, 3.63) is 65.5 Å². The minimum absolute atomic E-state index is 0.00950. The number of hydrogen-bond donors (Lipinski definition) is 1. The molecule has 0 bridgehead atoms. The molecule has 0 aliphatic rings. The maximum Gasteiger partial charge on any atom is 0.230 e. The SMILES string of the molecule is Cc1ccc(CSCCNC(=O)CSc2ccc(F)cc2)cc1. The Bertz CT molecular complexity index is 614. The molecule has 0 aliphatic heterocycles. The Morgan fingerprint density at radius 3 is 2.48 bits per heavy atom. The largest absolute Gasteiger partial charge is 0.355 e. The van der Waals surface area contributed by atoms with Gasteiger partial charge >= 0.3 is 0 Å². The molecule has 5 heteroatoms. The predicted octanol–water partition coefficient (Wildman–Crippen LogP) is 4.28. The van der Waals surface area contributed by atoms with E-state index >= 15 is 0 Å². The van der Waals surface area contributed by atoms with Crippen molar-refractivity contribution < 1.29 is 9.18 Å². The van der Waals surface area contributed by atoms with E-state index in [1.54, 1.807) is 12.1 Å². The van der Waals surface area contributed by atoms with Gasteiger partial charge in [-0.15, -0.1) is 11.8 Å². The zero-order chi connectivity index (χ0) is 16.5. The molecular formula is C18H20FNOS2. The number of halogens is 1. The third-order valence-corrected chi connectivity index (χ3v) is 5.18. The van der Waals surface area contributed by atoms with Crippen molar-refractivity contribution in [2.75, 3.05) is 18.1 Å². The number of carbonyl (C=O) groups is 1. The molecule has 2 aromatic rings. The fraction of sp³-hybridized carbons (Fsp3) is 0.278. The van der Waals surface area contributed by atoms with E-state index < -0.39 is 0 Å². The quantitative estimate of drug-likeness (QED) is 0.570. The van der Waals surface area contributed by atoms with Crippen molar-refractivity contribution in [1.29, 1.82) is 0 Å². The average molecular weight is 349 g/mol. The van der Waals surface area contributed by atoms with Crippen LogP contribution in [0.2, 0.25) is 0 Å². The number of thioether (sulfide) groups is 2. The minimum Gasteiger partial charge on any atom is -0.355 e. The van der Waals surface area contributed by atoms with Crippen LogP contribution in [0, 0.1) is 12.7 Å². The van der Waals surface area contributed by atoms with E-state index in [0.717, 1.165) is 16.4 Å². The number of nitrogens with one attached hydrogen (secondary N) is 1. The second-order valence-corrected chi connectivity index (χ2v) is 7.28. The van der Waals surface area contributed by atoms with E-state index in [0.29, 0.717) is 12.3 Å². The summed E-state index contributed by atoms with van der Waals surface area (Å²) in [6.45, 7) is 2.75. The molecule has 0 fully saturated rings. The second kappa shape index (κ2) is 9.63. The molecule has 0 aromatic heterocycles. The van der Waals surface area contributed by atoms with Crippen molar-refractivity contribution in [3.8, 4) is 0 Å². The zero-order valence-corrected chi connectivity index (χ0v) is 14.7. The normalized spacial score (nSPS) is 10.5. The van der Waals surface area contributed by atoms with Crippen LogP contribution < -0.4 is 5.32 Å². The van der Waals surface area contributed by atoms with Crippen LogP contribution in [-0.4, -0.2) is 24.0 Å². The highest BCUT2D eigenvalue weighted by Crippen LogP contribution is 2.17. The smallest absolute Gasteiger partial charge is 0.230 e. The topological polar surface area (TPSA) is 29.1 Å². The van der Waals surface area contributed by atoms with Crippen LogP contribution in [0.3, 0.4) is 0 Å². The number of benzene rings is 2. The van der Waals surface area contributed by atoms with Crippen molar-refractivity contribution >= 4 is 29.4 Å². The Balaban J connectivity index is 1.56. The third-order valence-electron chi connectivity index (χ3n) is 3.14. The molecular weight excluding hydrogens is 329 g/mol. The molecule has 2 aromatic carbocycles. The zero-order valence-electron chi connectivity index (χ0n) is 13.0. The fourth-order valence-electron chi connectivity index (χ4n) is 1.87. The van der Waals surface area contributed by atoms with Gasteiger partial charge in [-0.3, -0.25) is 4.79 Å². The van der Waals surface area contributed by atoms with E-state index in [4.69, 9.17) is 0 Å². The Morgan fingerprint density at radius 1 is 1.09 bits per heavy atom. The highest BCUT2D eigenvalue weighted by Gasteiger charge is 2.02. The Labute approximate surface area is 145 Å². The van der Waals surface area contributed by atoms with Crippen LogP contribution in [0.15, 0.2) is 53.4 Å². The number of carbonyl (C=O) groups excluding carboxylic acids is 1. The first kappa shape index (κ1) is 17.9. The summed E-state index contributed by atoms with van der Waals surface area (Å²) < 4.78 is 12.8. The van der Waals surface area contributed by atoms with E-state index in [1.807, 2.05) is 11.8 Å². The molecule has 0 saturated carbocycles. The van der Waals surface area contributed by atoms with Crippen molar-refractivity contribution in [3.63, 3.8) is 0 Å². The second-order valence-electron chi connectivity index (χ2n) is 5.13. The molecule has 1 amide bonds. The van der Waals surface area contributed by atoms with Gasteiger partial charge in [-0.2, -0.15) is 11.8 Å². The van der Waals surface area contributed by atoms with Crippen molar-refractivity contribution in [1.82, 2.24) is 5.32 Å². The number of amides is 1. The lowest BCUT2D eigenvalue weighted by molar-refractivity contribution is -0.118. The maximum atomic E-state index is 12.8. The minimum atomic E-state index is -0.260. The standard InChI is InChI=1S/C18H20FNOS2/c1-14-2-4-15(5-3-14)12-22-11-10-20-18(21)13-23-17-8-6-16(19)7-9-17/h2-9H,10-13H2,1H3,(H,20,21). The monoisotopic (exact) mass is 349 g/mol. The van der Waals surface area contributed by atoms with Crippen LogP contribution in [0.25, 0.3) is 0 Å². The molecule has 2 nitrogen and oxygen atoms in total. The van der Waals surface area contributed by atoms with E-state index in [1.165, 1.54) is 35.0 Å². The lowest BCUT2D eigenvalue weighted by atomic mass is 10.2. The summed E-state index contributed by atoms with van der Waals surface area (Å²) in [6.07, 6.45) is 0. The van der Waals surface area contributed by atoms with Crippen molar-refractivity contribution in [2.45, 2.75) is 17.6 Å². The van der Waals surface area contributed by atoms with Gasteiger partial charge < -0.3 is 5.32 Å².